The van der Waals surface area contributed by atoms with Crippen molar-refractivity contribution < 1.29 is 9.59 Å². The van der Waals surface area contributed by atoms with E-state index >= 15 is 0 Å². The van der Waals surface area contributed by atoms with Crippen LogP contribution in [0.5, 0.6) is 0 Å². The van der Waals surface area contributed by atoms with Crippen molar-refractivity contribution in [3.8, 4) is 0 Å². The van der Waals surface area contributed by atoms with E-state index in [-0.39, 0.29) is 18.0 Å². The largest absolute Gasteiger partial charge is 0.299 e. The minimum absolute atomic E-state index is 0.00579. The van der Waals surface area contributed by atoms with E-state index < -0.39 is 0 Å². The maximum Gasteiger partial charge on any atom is 0.166 e. The van der Waals surface area contributed by atoms with Crippen LogP contribution >= 0.6 is 0 Å². The Hall–Kier alpha value is -1.18. The first-order chi connectivity index (χ1) is 6.09. The highest BCUT2D eigenvalue weighted by Gasteiger charge is 2.17. The molecule has 0 saturated heterocycles. The summed E-state index contributed by atoms with van der Waals surface area (Å²) in [6.07, 6.45) is 4.97. The van der Waals surface area contributed by atoms with Crippen molar-refractivity contribution in [2.75, 3.05) is 0 Å². The second-order valence-electron chi connectivity index (χ2n) is 3.56. The molecule has 0 amide bonds. The molecule has 13 heavy (non-hydrogen) atoms. The SMILES string of the molecule is CC(C)=CCC1=CCC(=O)CC1=O. The third-order valence-corrected chi connectivity index (χ3v) is 2.02. The van der Waals surface area contributed by atoms with Crippen LogP contribution in [0.25, 0.3) is 0 Å². The van der Waals surface area contributed by atoms with Gasteiger partial charge in [0.05, 0.1) is 6.42 Å². The van der Waals surface area contributed by atoms with Crippen LogP contribution in [0.4, 0.5) is 0 Å². The molecule has 0 aromatic rings. The van der Waals surface area contributed by atoms with Crippen LogP contribution in [-0.4, -0.2) is 11.6 Å². The lowest BCUT2D eigenvalue weighted by atomic mass is 9.94. The van der Waals surface area contributed by atoms with Gasteiger partial charge in [-0.05, 0) is 25.8 Å². The monoisotopic (exact) mass is 178 g/mol. The fourth-order valence-electron chi connectivity index (χ4n) is 1.23. The van der Waals surface area contributed by atoms with Crippen LogP contribution in [-0.2, 0) is 9.59 Å². The van der Waals surface area contributed by atoms with Crippen molar-refractivity contribution in [3.05, 3.63) is 23.3 Å². The second-order valence-corrected chi connectivity index (χ2v) is 3.56. The molecule has 0 aromatic carbocycles. The van der Waals surface area contributed by atoms with Crippen LogP contribution < -0.4 is 0 Å². The van der Waals surface area contributed by atoms with Gasteiger partial charge in [0.15, 0.2) is 5.78 Å². The molecular weight excluding hydrogens is 164 g/mol. The average molecular weight is 178 g/mol. The van der Waals surface area contributed by atoms with Crippen molar-refractivity contribution in [2.45, 2.75) is 33.1 Å². The van der Waals surface area contributed by atoms with Gasteiger partial charge in [-0.1, -0.05) is 17.7 Å². The fourth-order valence-corrected chi connectivity index (χ4v) is 1.23. The van der Waals surface area contributed by atoms with E-state index in [2.05, 4.69) is 0 Å². The Kier molecular flexibility index (Phi) is 3.18. The first-order valence-electron chi connectivity index (χ1n) is 4.47. The van der Waals surface area contributed by atoms with E-state index in [4.69, 9.17) is 0 Å². The van der Waals surface area contributed by atoms with Crippen LogP contribution in [0.2, 0.25) is 0 Å². The number of carbonyl (C=O) groups is 2. The molecule has 0 unspecified atom stereocenters. The quantitative estimate of drug-likeness (QED) is 0.480. The van der Waals surface area contributed by atoms with Gasteiger partial charge in [-0.3, -0.25) is 9.59 Å². The maximum atomic E-state index is 11.3. The van der Waals surface area contributed by atoms with Gasteiger partial charge in [0.2, 0.25) is 0 Å². The predicted molar refractivity (Wildman–Crippen MR) is 51.4 cm³/mol. The third kappa shape index (κ3) is 2.98. The molecule has 0 aliphatic heterocycles. The Morgan fingerprint density at radius 1 is 1.46 bits per heavy atom. The van der Waals surface area contributed by atoms with Gasteiger partial charge < -0.3 is 0 Å². The summed E-state index contributed by atoms with van der Waals surface area (Å²) < 4.78 is 0. The van der Waals surface area contributed by atoms with Gasteiger partial charge in [-0.25, -0.2) is 0 Å². The van der Waals surface area contributed by atoms with Crippen LogP contribution in [0.15, 0.2) is 23.3 Å². The number of carbonyl (C=O) groups excluding carboxylic acids is 2. The lowest BCUT2D eigenvalue weighted by molar-refractivity contribution is -0.125. The van der Waals surface area contributed by atoms with E-state index in [1.54, 1.807) is 6.08 Å². The molecule has 0 fully saturated rings. The second kappa shape index (κ2) is 4.17. The summed E-state index contributed by atoms with van der Waals surface area (Å²) in [5, 5.41) is 0. The zero-order chi connectivity index (χ0) is 9.84. The van der Waals surface area contributed by atoms with Gasteiger partial charge in [0.1, 0.15) is 5.78 Å². The number of hydrogen-bond donors (Lipinski definition) is 0. The number of allylic oxidation sites excluding steroid dienone is 4. The van der Waals surface area contributed by atoms with E-state index in [9.17, 15) is 9.59 Å². The summed E-state index contributed by atoms with van der Waals surface area (Å²) in [6, 6.07) is 0. The molecule has 0 bridgehead atoms. The number of hydrogen-bond acceptors (Lipinski definition) is 2. The first kappa shape index (κ1) is 9.90. The third-order valence-electron chi connectivity index (χ3n) is 2.02. The van der Waals surface area contributed by atoms with Crippen molar-refractivity contribution in [2.24, 2.45) is 0 Å². The fraction of sp³-hybridized carbons (Fsp3) is 0.455. The molecule has 1 rings (SSSR count). The van der Waals surface area contributed by atoms with Crippen molar-refractivity contribution in [1.82, 2.24) is 0 Å². The molecule has 0 radical (unpaired) electrons. The lowest BCUT2D eigenvalue weighted by Crippen LogP contribution is -2.14. The molecule has 70 valence electrons. The van der Waals surface area contributed by atoms with E-state index in [1.807, 2.05) is 19.9 Å². The molecular formula is C11H14O2. The zero-order valence-electron chi connectivity index (χ0n) is 8.09. The standard InChI is InChI=1S/C11H14O2/c1-8(2)3-4-9-5-6-10(12)7-11(9)13/h3,5H,4,6-7H2,1-2H3. The van der Waals surface area contributed by atoms with Gasteiger partial charge in [0.25, 0.3) is 0 Å². The Bertz CT molecular complexity index is 291. The smallest absolute Gasteiger partial charge is 0.166 e. The summed E-state index contributed by atoms with van der Waals surface area (Å²) in [6.45, 7) is 4.00. The maximum absolute atomic E-state index is 11.3. The van der Waals surface area contributed by atoms with Gasteiger partial charge in [0, 0.05) is 6.42 Å². The summed E-state index contributed by atoms with van der Waals surface area (Å²) in [4.78, 5) is 22.2. The minimum atomic E-state index is -0.00579. The highest BCUT2D eigenvalue weighted by molar-refractivity contribution is 6.10. The highest BCUT2D eigenvalue weighted by Crippen LogP contribution is 2.15. The first-order valence-corrected chi connectivity index (χ1v) is 4.47. The molecule has 0 heterocycles. The van der Waals surface area contributed by atoms with Gasteiger partial charge in [-0.15, -0.1) is 0 Å². The minimum Gasteiger partial charge on any atom is -0.299 e. The van der Waals surface area contributed by atoms with Crippen molar-refractivity contribution >= 4 is 11.6 Å². The lowest BCUT2D eigenvalue weighted by Gasteiger charge is -2.08. The van der Waals surface area contributed by atoms with Gasteiger partial charge >= 0.3 is 0 Å². The molecule has 2 heteroatoms. The summed E-state index contributed by atoms with van der Waals surface area (Å²) in [7, 11) is 0. The topological polar surface area (TPSA) is 34.1 Å². The van der Waals surface area contributed by atoms with Crippen LogP contribution in [0, 0.1) is 0 Å². The molecule has 0 N–H and O–H groups in total. The Labute approximate surface area is 78.3 Å². The molecule has 2 nitrogen and oxygen atoms in total. The molecule has 1 aliphatic rings. The molecule has 0 spiro atoms. The van der Waals surface area contributed by atoms with Crippen LogP contribution in [0.3, 0.4) is 0 Å². The summed E-state index contributed by atoms with van der Waals surface area (Å²) in [5.74, 6) is 0.0275. The molecule has 0 atom stereocenters. The Morgan fingerprint density at radius 3 is 2.69 bits per heavy atom. The Balaban J connectivity index is 2.65. The van der Waals surface area contributed by atoms with E-state index in [1.165, 1.54) is 5.57 Å². The molecule has 0 saturated carbocycles. The normalized spacial score (nSPS) is 16.9. The van der Waals surface area contributed by atoms with E-state index in [0.717, 1.165) is 5.57 Å². The van der Waals surface area contributed by atoms with Crippen molar-refractivity contribution in [1.29, 1.82) is 0 Å². The van der Waals surface area contributed by atoms with E-state index in [0.29, 0.717) is 12.8 Å². The Morgan fingerprint density at radius 2 is 2.15 bits per heavy atom. The molecule has 1 aliphatic carbocycles. The number of rotatable bonds is 2. The zero-order valence-corrected chi connectivity index (χ0v) is 8.09. The van der Waals surface area contributed by atoms with Crippen LogP contribution in [0.1, 0.15) is 33.1 Å². The number of ketones is 2. The number of Topliss-reactive ketones (excluding diaryl/α,β-unsaturated/α-hetero) is 2. The van der Waals surface area contributed by atoms with Crippen molar-refractivity contribution in [3.63, 3.8) is 0 Å². The summed E-state index contributed by atoms with van der Waals surface area (Å²) in [5.41, 5.74) is 1.99. The highest BCUT2D eigenvalue weighted by atomic mass is 16.1. The van der Waals surface area contributed by atoms with Gasteiger partial charge in [-0.2, -0.15) is 0 Å². The molecule has 0 aromatic heterocycles. The average Bonchev–Trinajstić information content (AvgIpc) is 2.02. The predicted octanol–water partition coefficient (Wildman–Crippen LogP) is 2.20. The summed E-state index contributed by atoms with van der Waals surface area (Å²) >= 11 is 0.